The molecule has 0 atom stereocenters. The molecule has 1 aromatic carbocycles. The predicted octanol–water partition coefficient (Wildman–Crippen LogP) is 4.51. The second-order valence-electron chi connectivity index (χ2n) is 3.29. The van der Waals surface area contributed by atoms with E-state index in [0.29, 0.717) is 27.5 Å². The molecule has 2 nitrogen and oxygen atoms in total. The van der Waals surface area contributed by atoms with Crippen LogP contribution in [0.5, 0.6) is 11.5 Å². The van der Waals surface area contributed by atoms with Crippen LogP contribution in [-0.2, 0) is 5.88 Å². The molecule has 88 valence electrons. The minimum atomic E-state index is -0.367. The summed E-state index contributed by atoms with van der Waals surface area (Å²) in [5, 5.41) is 0. The fourth-order valence-corrected chi connectivity index (χ4v) is 1.66. The van der Waals surface area contributed by atoms with Crippen LogP contribution >= 0.6 is 27.5 Å². The van der Waals surface area contributed by atoms with Crippen LogP contribution in [0.3, 0.4) is 0 Å². The number of benzene rings is 1. The first-order chi connectivity index (χ1) is 8.19. The molecule has 0 radical (unpaired) electrons. The Labute approximate surface area is 112 Å². The number of nitrogens with zero attached hydrogens (tertiary/aromatic N) is 1. The highest BCUT2D eigenvalue weighted by molar-refractivity contribution is 9.10. The summed E-state index contributed by atoms with van der Waals surface area (Å²) < 4.78 is 19.2. The largest absolute Gasteiger partial charge is 0.457 e. The number of hydrogen-bond acceptors (Lipinski definition) is 2. The van der Waals surface area contributed by atoms with E-state index in [2.05, 4.69) is 20.9 Å². The van der Waals surface area contributed by atoms with Crippen LogP contribution in [-0.4, -0.2) is 4.98 Å². The molecule has 17 heavy (non-hydrogen) atoms. The Morgan fingerprint density at radius 1 is 1.24 bits per heavy atom. The van der Waals surface area contributed by atoms with Crippen LogP contribution in [0.1, 0.15) is 5.69 Å². The molecule has 1 aromatic heterocycles. The van der Waals surface area contributed by atoms with Gasteiger partial charge in [-0.1, -0.05) is 0 Å². The van der Waals surface area contributed by atoms with E-state index in [1.165, 1.54) is 6.07 Å². The Morgan fingerprint density at radius 3 is 2.71 bits per heavy atom. The summed E-state index contributed by atoms with van der Waals surface area (Å²) in [4.78, 5) is 4.04. The number of hydrogen-bond donors (Lipinski definition) is 0. The van der Waals surface area contributed by atoms with Crippen molar-refractivity contribution in [2.75, 3.05) is 0 Å². The van der Waals surface area contributed by atoms with E-state index in [4.69, 9.17) is 16.3 Å². The average molecular weight is 317 g/mol. The third-order valence-electron chi connectivity index (χ3n) is 2.05. The fourth-order valence-electron chi connectivity index (χ4n) is 1.27. The zero-order valence-corrected chi connectivity index (χ0v) is 11.0. The molecule has 2 aromatic rings. The first-order valence-electron chi connectivity index (χ1n) is 4.83. The average Bonchev–Trinajstić information content (AvgIpc) is 2.34. The molecule has 0 saturated heterocycles. The summed E-state index contributed by atoms with van der Waals surface area (Å²) in [6.45, 7) is 0. The van der Waals surface area contributed by atoms with Crippen LogP contribution in [0.4, 0.5) is 4.39 Å². The Kier molecular flexibility index (Phi) is 3.97. The SMILES string of the molecule is Fc1cc(Oc2ccnc(CCl)c2)ccc1Br. The van der Waals surface area contributed by atoms with Crippen LogP contribution in [0.15, 0.2) is 41.0 Å². The van der Waals surface area contributed by atoms with Crippen molar-refractivity contribution < 1.29 is 9.13 Å². The molecule has 0 aliphatic heterocycles. The van der Waals surface area contributed by atoms with Gasteiger partial charge in [-0.15, -0.1) is 11.6 Å². The summed E-state index contributed by atoms with van der Waals surface area (Å²) in [6, 6.07) is 7.98. The number of aromatic nitrogens is 1. The van der Waals surface area contributed by atoms with E-state index in [9.17, 15) is 4.39 Å². The maximum atomic E-state index is 13.3. The fraction of sp³-hybridized carbons (Fsp3) is 0.0833. The monoisotopic (exact) mass is 315 g/mol. The van der Waals surface area contributed by atoms with Crippen LogP contribution in [0.25, 0.3) is 0 Å². The highest BCUT2D eigenvalue weighted by Crippen LogP contribution is 2.25. The summed E-state index contributed by atoms with van der Waals surface area (Å²) in [7, 11) is 0. The van der Waals surface area contributed by atoms with Crippen molar-refractivity contribution in [2.45, 2.75) is 5.88 Å². The Hall–Kier alpha value is -1.13. The van der Waals surface area contributed by atoms with E-state index in [0.717, 1.165) is 0 Å². The summed E-state index contributed by atoms with van der Waals surface area (Å²) in [5.41, 5.74) is 0.710. The van der Waals surface area contributed by atoms with E-state index in [1.54, 1.807) is 30.5 Å². The molecule has 0 N–H and O–H groups in total. The number of halogens is 3. The molecule has 0 aliphatic rings. The zero-order valence-electron chi connectivity index (χ0n) is 8.66. The highest BCUT2D eigenvalue weighted by atomic mass is 79.9. The number of rotatable bonds is 3. The lowest BCUT2D eigenvalue weighted by Crippen LogP contribution is -1.89. The van der Waals surface area contributed by atoms with Gasteiger partial charge in [0.05, 0.1) is 16.0 Å². The second kappa shape index (κ2) is 5.47. The molecule has 2 rings (SSSR count). The topological polar surface area (TPSA) is 22.1 Å². The third kappa shape index (κ3) is 3.17. The van der Waals surface area contributed by atoms with Crippen LogP contribution in [0.2, 0.25) is 0 Å². The molecule has 0 aliphatic carbocycles. The summed E-state index contributed by atoms with van der Waals surface area (Å²) >= 11 is 8.74. The van der Waals surface area contributed by atoms with Gasteiger partial charge < -0.3 is 4.74 Å². The first kappa shape index (κ1) is 12.3. The van der Waals surface area contributed by atoms with Crippen molar-refractivity contribution in [2.24, 2.45) is 0 Å². The minimum Gasteiger partial charge on any atom is -0.457 e. The molecular formula is C12H8BrClFNO. The van der Waals surface area contributed by atoms with Gasteiger partial charge in [0.25, 0.3) is 0 Å². The highest BCUT2D eigenvalue weighted by Gasteiger charge is 2.03. The van der Waals surface area contributed by atoms with Gasteiger partial charge >= 0.3 is 0 Å². The van der Waals surface area contributed by atoms with Crippen molar-refractivity contribution in [1.82, 2.24) is 4.98 Å². The molecular weight excluding hydrogens is 308 g/mol. The van der Waals surface area contributed by atoms with E-state index in [-0.39, 0.29) is 5.82 Å². The first-order valence-corrected chi connectivity index (χ1v) is 6.15. The molecule has 0 spiro atoms. The molecule has 1 heterocycles. The maximum Gasteiger partial charge on any atom is 0.141 e. The van der Waals surface area contributed by atoms with E-state index >= 15 is 0 Å². The number of pyridine rings is 1. The lowest BCUT2D eigenvalue weighted by Gasteiger charge is -2.06. The lowest BCUT2D eigenvalue weighted by molar-refractivity contribution is 0.475. The van der Waals surface area contributed by atoms with Gasteiger partial charge in [-0.3, -0.25) is 4.98 Å². The Balaban J connectivity index is 2.22. The maximum absolute atomic E-state index is 13.3. The van der Waals surface area contributed by atoms with Crippen molar-refractivity contribution in [3.63, 3.8) is 0 Å². The predicted molar refractivity (Wildman–Crippen MR) is 68.0 cm³/mol. The van der Waals surface area contributed by atoms with Crippen LogP contribution < -0.4 is 4.74 Å². The number of alkyl halides is 1. The summed E-state index contributed by atoms with van der Waals surface area (Å²) in [6.07, 6.45) is 1.60. The van der Waals surface area contributed by atoms with Gasteiger partial charge in [0.2, 0.25) is 0 Å². The normalized spacial score (nSPS) is 10.3. The Morgan fingerprint density at radius 2 is 2.00 bits per heavy atom. The summed E-state index contributed by atoms with van der Waals surface area (Å²) in [5.74, 6) is 0.954. The van der Waals surface area contributed by atoms with E-state index < -0.39 is 0 Å². The van der Waals surface area contributed by atoms with Crippen molar-refractivity contribution in [3.05, 3.63) is 52.5 Å². The molecule has 0 bridgehead atoms. The third-order valence-corrected chi connectivity index (χ3v) is 2.97. The Bertz CT molecular complexity index is 536. The second-order valence-corrected chi connectivity index (χ2v) is 4.42. The smallest absolute Gasteiger partial charge is 0.141 e. The lowest BCUT2D eigenvalue weighted by atomic mass is 10.3. The molecule has 0 unspecified atom stereocenters. The van der Waals surface area contributed by atoms with Gasteiger partial charge in [0.1, 0.15) is 17.3 Å². The molecule has 5 heteroatoms. The van der Waals surface area contributed by atoms with Gasteiger partial charge in [-0.25, -0.2) is 4.39 Å². The zero-order chi connectivity index (χ0) is 12.3. The van der Waals surface area contributed by atoms with Crippen molar-refractivity contribution in [3.8, 4) is 11.5 Å². The van der Waals surface area contributed by atoms with E-state index in [1.807, 2.05) is 0 Å². The number of ether oxygens (including phenoxy) is 1. The van der Waals surface area contributed by atoms with Gasteiger partial charge in [0, 0.05) is 18.3 Å². The van der Waals surface area contributed by atoms with Crippen molar-refractivity contribution >= 4 is 27.5 Å². The van der Waals surface area contributed by atoms with Crippen molar-refractivity contribution in [1.29, 1.82) is 0 Å². The van der Waals surface area contributed by atoms with Gasteiger partial charge in [0.15, 0.2) is 0 Å². The molecule has 0 fully saturated rings. The quantitative estimate of drug-likeness (QED) is 0.777. The minimum absolute atomic E-state index is 0.311. The van der Waals surface area contributed by atoms with Gasteiger partial charge in [-0.2, -0.15) is 0 Å². The molecule has 0 amide bonds. The standard InChI is InChI=1S/C12H8BrClFNO/c13-11-2-1-9(6-12(11)15)17-10-3-4-16-8(5-10)7-14/h1-6H,7H2. The van der Waals surface area contributed by atoms with Crippen LogP contribution in [0, 0.1) is 5.82 Å². The van der Waals surface area contributed by atoms with Gasteiger partial charge in [-0.05, 0) is 34.1 Å². The molecule has 0 saturated carbocycles.